The highest BCUT2D eigenvalue weighted by atomic mass is 16.6. The summed E-state index contributed by atoms with van der Waals surface area (Å²) in [7, 11) is 0. The number of furan rings is 1. The van der Waals surface area contributed by atoms with Crippen molar-refractivity contribution in [3.05, 3.63) is 48.4 Å². The van der Waals surface area contributed by atoms with Crippen molar-refractivity contribution in [2.75, 3.05) is 13.2 Å². The van der Waals surface area contributed by atoms with Gasteiger partial charge in [-0.15, -0.1) is 0 Å². The van der Waals surface area contributed by atoms with Crippen LogP contribution in [0.1, 0.15) is 10.6 Å². The lowest BCUT2D eigenvalue weighted by Crippen LogP contribution is -2.34. The molecule has 0 fully saturated rings. The normalized spacial score (nSPS) is 16.9. The van der Waals surface area contributed by atoms with Crippen LogP contribution < -0.4 is 9.47 Å². The van der Waals surface area contributed by atoms with Crippen LogP contribution in [-0.4, -0.2) is 25.3 Å². The molecule has 98 valence electrons. The van der Waals surface area contributed by atoms with Gasteiger partial charge in [-0.3, -0.25) is 0 Å². The van der Waals surface area contributed by atoms with Crippen molar-refractivity contribution in [3.63, 3.8) is 0 Å². The second-order valence-corrected chi connectivity index (χ2v) is 4.07. The summed E-state index contributed by atoms with van der Waals surface area (Å²) in [6, 6.07) is 10.6. The molecule has 1 aliphatic rings. The SMILES string of the molecule is O=C(OCC1COc2ccccc2O1)c1ccco1. The first kappa shape index (κ1) is 11.6. The molecule has 1 aromatic carbocycles. The number of para-hydroxylation sites is 2. The number of ether oxygens (including phenoxy) is 3. The summed E-state index contributed by atoms with van der Waals surface area (Å²) in [5.41, 5.74) is 0. The molecule has 0 spiro atoms. The fraction of sp³-hybridized carbons (Fsp3) is 0.214. The summed E-state index contributed by atoms with van der Waals surface area (Å²) in [5, 5.41) is 0. The molecule has 0 saturated heterocycles. The van der Waals surface area contributed by atoms with E-state index in [4.69, 9.17) is 18.6 Å². The molecule has 2 heterocycles. The van der Waals surface area contributed by atoms with E-state index in [0.717, 1.165) is 0 Å². The smallest absolute Gasteiger partial charge is 0.374 e. The third-order valence-electron chi connectivity index (χ3n) is 2.69. The van der Waals surface area contributed by atoms with Crippen LogP contribution in [0.4, 0.5) is 0 Å². The van der Waals surface area contributed by atoms with Crippen LogP contribution in [0.5, 0.6) is 11.5 Å². The third kappa shape index (κ3) is 2.54. The number of fused-ring (bicyclic) bond motifs is 1. The Hall–Kier alpha value is -2.43. The second kappa shape index (κ2) is 5.06. The Labute approximate surface area is 109 Å². The highest BCUT2D eigenvalue weighted by Gasteiger charge is 2.22. The summed E-state index contributed by atoms with van der Waals surface area (Å²) in [6.07, 6.45) is 1.11. The topological polar surface area (TPSA) is 57.9 Å². The number of esters is 1. The molecule has 0 aliphatic carbocycles. The first-order valence-electron chi connectivity index (χ1n) is 5.92. The maximum atomic E-state index is 11.6. The van der Waals surface area contributed by atoms with Gasteiger partial charge in [0, 0.05) is 0 Å². The van der Waals surface area contributed by atoms with E-state index in [1.807, 2.05) is 24.3 Å². The van der Waals surface area contributed by atoms with Gasteiger partial charge >= 0.3 is 5.97 Å². The number of carbonyl (C=O) groups is 1. The molecule has 5 heteroatoms. The van der Waals surface area contributed by atoms with Crippen LogP contribution in [0.2, 0.25) is 0 Å². The van der Waals surface area contributed by atoms with E-state index in [0.29, 0.717) is 18.1 Å². The molecule has 0 saturated carbocycles. The van der Waals surface area contributed by atoms with Crippen molar-refractivity contribution < 1.29 is 23.4 Å². The lowest BCUT2D eigenvalue weighted by Gasteiger charge is -2.25. The van der Waals surface area contributed by atoms with Crippen molar-refractivity contribution >= 4 is 5.97 Å². The van der Waals surface area contributed by atoms with Crippen LogP contribution >= 0.6 is 0 Å². The zero-order chi connectivity index (χ0) is 13.1. The Balaban J connectivity index is 1.57. The molecular formula is C14H12O5. The maximum absolute atomic E-state index is 11.6. The van der Waals surface area contributed by atoms with Crippen LogP contribution in [0.25, 0.3) is 0 Å². The van der Waals surface area contributed by atoms with Crippen molar-refractivity contribution in [2.24, 2.45) is 0 Å². The molecule has 1 aromatic heterocycles. The van der Waals surface area contributed by atoms with Crippen LogP contribution in [0.15, 0.2) is 47.1 Å². The Bertz CT molecular complexity index is 561. The first-order chi connectivity index (χ1) is 9.33. The Morgan fingerprint density at radius 3 is 2.84 bits per heavy atom. The van der Waals surface area contributed by atoms with E-state index < -0.39 is 5.97 Å². The highest BCUT2D eigenvalue weighted by Crippen LogP contribution is 2.30. The average Bonchev–Trinajstić information content (AvgIpc) is 2.99. The van der Waals surface area contributed by atoms with Gasteiger partial charge in [0.2, 0.25) is 5.76 Å². The molecule has 0 bridgehead atoms. The Morgan fingerprint density at radius 1 is 1.21 bits per heavy atom. The first-order valence-corrected chi connectivity index (χ1v) is 5.92. The monoisotopic (exact) mass is 260 g/mol. The molecule has 0 amide bonds. The van der Waals surface area contributed by atoms with Gasteiger partial charge in [0.05, 0.1) is 6.26 Å². The highest BCUT2D eigenvalue weighted by molar-refractivity contribution is 5.86. The quantitative estimate of drug-likeness (QED) is 0.792. The van der Waals surface area contributed by atoms with Crippen molar-refractivity contribution in [1.82, 2.24) is 0 Å². The van der Waals surface area contributed by atoms with Gasteiger partial charge in [-0.25, -0.2) is 4.79 Å². The summed E-state index contributed by atoms with van der Waals surface area (Å²) in [4.78, 5) is 11.6. The summed E-state index contributed by atoms with van der Waals surface area (Å²) >= 11 is 0. The van der Waals surface area contributed by atoms with E-state index >= 15 is 0 Å². The van der Waals surface area contributed by atoms with Crippen molar-refractivity contribution in [1.29, 1.82) is 0 Å². The minimum atomic E-state index is -0.507. The second-order valence-electron chi connectivity index (χ2n) is 4.07. The fourth-order valence-corrected chi connectivity index (χ4v) is 1.78. The predicted molar refractivity (Wildman–Crippen MR) is 65.3 cm³/mol. The Morgan fingerprint density at radius 2 is 2.05 bits per heavy atom. The van der Waals surface area contributed by atoms with Gasteiger partial charge in [-0.2, -0.15) is 0 Å². The van der Waals surface area contributed by atoms with Crippen LogP contribution in [0.3, 0.4) is 0 Å². The molecule has 1 atom stereocenters. The molecule has 5 nitrogen and oxygen atoms in total. The van der Waals surface area contributed by atoms with E-state index in [1.165, 1.54) is 6.26 Å². The number of rotatable bonds is 3. The van der Waals surface area contributed by atoms with E-state index in [9.17, 15) is 4.79 Å². The van der Waals surface area contributed by atoms with Crippen molar-refractivity contribution in [3.8, 4) is 11.5 Å². The van der Waals surface area contributed by atoms with E-state index in [2.05, 4.69) is 0 Å². The summed E-state index contributed by atoms with van der Waals surface area (Å²) in [5.74, 6) is 1.04. The number of benzene rings is 1. The Kier molecular flexibility index (Phi) is 3.10. The molecule has 1 unspecified atom stereocenters. The fourth-order valence-electron chi connectivity index (χ4n) is 1.78. The molecule has 0 N–H and O–H groups in total. The van der Waals surface area contributed by atoms with Crippen LogP contribution in [-0.2, 0) is 4.74 Å². The lowest BCUT2D eigenvalue weighted by atomic mass is 10.3. The molecular weight excluding hydrogens is 248 g/mol. The molecule has 0 radical (unpaired) electrons. The van der Waals surface area contributed by atoms with Crippen molar-refractivity contribution in [2.45, 2.75) is 6.10 Å². The lowest BCUT2D eigenvalue weighted by molar-refractivity contribution is 0.00871. The third-order valence-corrected chi connectivity index (χ3v) is 2.69. The number of carbonyl (C=O) groups excluding carboxylic acids is 1. The number of hydrogen-bond donors (Lipinski definition) is 0. The number of hydrogen-bond acceptors (Lipinski definition) is 5. The standard InChI is InChI=1S/C14H12O5/c15-14(13-6-3-7-16-13)18-9-10-8-17-11-4-1-2-5-12(11)19-10/h1-7,10H,8-9H2. The zero-order valence-electron chi connectivity index (χ0n) is 10.1. The maximum Gasteiger partial charge on any atom is 0.374 e. The largest absolute Gasteiger partial charge is 0.486 e. The van der Waals surface area contributed by atoms with Gasteiger partial charge < -0.3 is 18.6 Å². The molecule has 19 heavy (non-hydrogen) atoms. The van der Waals surface area contributed by atoms with Gasteiger partial charge in [-0.05, 0) is 24.3 Å². The molecule has 3 rings (SSSR count). The van der Waals surface area contributed by atoms with Gasteiger partial charge in [0.15, 0.2) is 17.6 Å². The minimum absolute atomic E-state index is 0.119. The average molecular weight is 260 g/mol. The molecule has 2 aromatic rings. The van der Waals surface area contributed by atoms with Gasteiger partial charge in [-0.1, -0.05) is 12.1 Å². The van der Waals surface area contributed by atoms with Gasteiger partial charge in [0.25, 0.3) is 0 Å². The summed E-state index contributed by atoms with van der Waals surface area (Å²) in [6.45, 7) is 0.469. The minimum Gasteiger partial charge on any atom is -0.486 e. The predicted octanol–water partition coefficient (Wildman–Crippen LogP) is 2.28. The zero-order valence-corrected chi connectivity index (χ0v) is 10.1. The van der Waals surface area contributed by atoms with Gasteiger partial charge in [0.1, 0.15) is 13.2 Å². The summed E-state index contributed by atoms with van der Waals surface area (Å²) < 4.78 is 21.2. The van der Waals surface area contributed by atoms with E-state index in [-0.39, 0.29) is 18.5 Å². The molecule has 1 aliphatic heterocycles. The van der Waals surface area contributed by atoms with Crippen LogP contribution in [0, 0.1) is 0 Å². The van der Waals surface area contributed by atoms with E-state index in [1.54, 1.807) is 12.1 Å².